The Hall–Kier alpha value is -2.71. The summed E-state index contributed by atoms with van der Waals surface area (Å²) in [6.07, 6.45) is 4.73. The Bertz CT molecular complexity index is 980. The van der Waals surface area contributed by atoms with Crippen LogP contribution in [-0.2, 0) is 0 Å². The second-order valence-electron chi connectivity index (χ2n) is 8.71. The normalized spacial score (nSPS) is 21.1. The Morgan fingerprint density at radius 2 is 1.97 bits per heavy atom. The summed E-state index contributed by atoms with van der Waals surface area (Å²) in [4.78, 5) is 6.78. The molecule has 0 saturated carbocycles. The number of rotatable bonds is 6. The third kappa shape index (κ3) is 4.86. The molecule has 0 bridgehead atoms. The van der Waals surface area contributed by atoms with Gasteiger partial charge in [-0.2, -0.15) is 5.10 Å². The van der Waals surface area contributed by atoms with E-state index >= 15 is 4.39 Å². The van der Waals surface area contributed by atoms with Crippen molar-refractivity contribution in [3.05, 3.63) is 59.4 Å². The van der Waals surface area contributed by atoms with Crippen LogP contribution in [0.5, 0.6) is 0 Å². The first kappa shape index (κ1) is 22.5. The number of nitrogens with zero attached hydrogens (tertiary/aromatic N) is 4. The van der Waals surface area contributed by atoms with Crippen molar-refractivity contribution < 1.29 is 4.39 Å². The number of nitrogens with one attached hydrogen (secondary N) is 1. The fourth-order valence-corrected chi connectivity index (χ4v) is 4.84. The minimum atomic E-state index is -0.239. The minimum Gasteiger partial charge on any atom is -0.375 e. The molecule has 0 aromatic heterocycles. The van der Waals surface area contributed by atoms with E-state index in [2.05, 4.69) is 51.5 Å². The maximum Gasteiger partial charge on any atom is 0.184 e. The number of hydrogen-bond acceptors (Lipinski definition) is 5. The molecule has 2 heterocycles. The molecule has 6 nitrogen and oxygen atoms in total. The van der Waals surface area contributed by atoms with Gasteiger partial charge >= 0.3 is 0 Å². The molecule has 2 aliphatic heterocycles. The molecule has 2 aliphatic rings. The van der Waals surface area contributed by atoms with Gasteiger partial charge in [-0.15, -0.1) is 0 Å². The zero-order valence-corrected chi connectivity index (χ0v) is 19.5. The average Bonchev–Trinajstić information content (AvgIpc) is 3.44. The third-order valence-corrected chi connectivity index (χ3v) is 6.55. The van der Waals surface area contributed by atoms with Gasteiger partial charge in [0.05, 0.1) is 17.9 Å². The van der Waals surface area contributed by atoms with Gasteiger partial charge in [-0.25, -0.2) is 4.39 Å². The van der Waals surface area contributed by atoms with Gasteiger partial charge in [0.25, 0.3) is 0 Å². The van der Waals surface area contributed by atoms with Gasteiger partial charge in [-0.05, 0) is 63.3 Å². The van der Waals surface area contributed by atoms with Crippen molar-refractivity contribution in [2.75, 3.05) is 43.5 Å². The van der Waals surface area contributed by atoms with E-state index in [1.54, 1.807) is 12.3 Å². The lowest BCUT2D eigenvalue weighted by atomic mass is 10.0. The molecule has 2 aromatic rings. The summed E-state index contributed by atoms with van der Waals surface area (Å²) < 4.78 is 15.4. The number of hydrogen-bond donors (Lipinski definition) is 2. The van der Waals surface area contributed by atoms with Crippen LogP contribution in [0.25, 0.3) is 0 Å². The van der Waals surface area contributed by atoms with E-state index in [1.807, 2.05) is 24.3 Å². The molecule has 8 heteroatoms. The van der Waals surface area contributed by atoms with E-state index in [4.69, 9.17) is 18.0 Å². The monoisotopic (exact) mass is 454 g/mol. The zero-order chi connectivity index (χ0) is 22.7. The smallest absolute Gasteiger partial charge is 0.184 e. The molecule has 2 saturated heterocycles. The Labute approximate surface area is 194 Å². The molecule has 2 aromatic carbocycles. The predicted molar refractivity (Wildman–Crippen MR) is 134 cm³/mol. The van der Waals surface area contributed by atoms with Crippen LogP contribution in [0.15, 0.2) is 47.6 Å². The summed E-state index contributed by atoms with van der Waals surface area (Å²) in [5, 5.41) is 4.18. The van der Waals surface area contributed by atoms with Crippen molar-refractivity contribution in [3.63, 3.8) is 0 Å². The van der Waals surface area contributed by atoms with Crippen LogP contribution in [0.2, 0.25) is 0 Å². The summed E-state index contributed by atoms with van der Waals surface area (Å²) in [5.41, 5.74) is 11.6. The Kier molecular flexibility index (Phi) is 6.91. The summed E-state index contributed by atoms with van der Waals surface area (Å²) in [6, 6.07) is 14.6. The highest BCUT2D eigenvalue weighted by molar-refractivity contribution is 7.80. The van der Waals surface area contributed by atoms with Crippen LogP contribution in [0.1, 0.15) is 36.4 Å². The van der Waals surface area contributed by atoms with E-state index in [0.717, 1.165) is 44.6 Å². The van der Waals surface area contributed by atoms with Crippen LogP contribution in [0.3, 0.4) is 0 Å². The molecule has 0 spiro atoms. The maximum absolute atomic E-state index is 15.4. The van der Waals surface area contributed by atoms with E-state index in [0.29, 0.717) is 17.3 Å². The van der Waals surface area contributed by atoms with E-state index in [1.165, 1.54) is 5.56 Å². The van der Waals surface area contributed by atoms with Gasteiger partial charge < -0.3 is 20.4 Å². The predicted octanol–water partition coefficient (Wildman–Crippen LogP) is 3.47. The number of hydrazone groups is 1. The first-order valence-electron chi connectivity index (χ1n) is 11.1. The minimum absolute atomic E-state index is 0.0801. The Morgan fingerprint density at radius 3 is 2.66 bits per heavy atom. The topological polar surface area (TPSA) is 60.1 Å². The van der Waals surface area contributed by atoms with Crippen LogP contribution in [-0.4, -0.2) is 56.0 Å². The number of benzene rings is 2. The molecular weight excluding hydrogens is 423 g/mol. The Morgan fingerprint density at radius 1 is 1.19 bits per heavy atom. The second kappa shape index (κ2) is 9.83. The summed E-state index contributed by atoms with van der Waals surface area (Å²) in [6.45, 7) is 2.65. The maximum atomic E-state index is 15.4. The number of halogens is 1. The van der Waals surface area contributed by atoms with Crippen molar-refractivity contribution in [2.24, 2.45) is 10.8 Å². The van der Waals surface area contributed by atoms with Crippen LogP contribution >= 0.6 is 12.2 Å². The first-order valence-corrected chi connectivity index (χ1v) is 11.5. The van der Waals surface area contributed by atoms with E-state index in [9.17, 15) is 0 Å². The molecule has 2 unspecified atom stereocenters. The number of anilines is 2. The van der Waals surface area contributed by atoms with Gasteiger partial charge in [0.1, 0.15) is 5.82 Å². The SMILES string of the molecule is CN(C)C1CCN(c2cc(N3CCCC3c3ccccc3)c(F)cc2/C=N/NC(N)=S)C1. The lowest BCUT2D eigenvalue weighted by Gasteiger charge is -2.30. The van der Waals surface area contributed by atoms with Crippen molar-refractivity contribution in [1.82, 2.24) is 10.3 Å². The fourth-order valence-electron chi connectivity index (χ4n) is 4.79. The van der Waals surface area contributed by atoms with Crippen molar-refractivity contribution in [2.45, 2.75) is 31.3 Å². The molecule has 0 radical (unpaired) electrons. The summed E-state index contributed by atoms with van der Waals surface area (Å²) >= 11 is 4.83. The average molecular weight is 455 g/mol. The highest BCUT2D eigenvalue weighted by atomic mass is 32.1. The van der Waals surface area contributed by atoms with Gasteiger partial charge in [0.15, 0.2) is 5.11 Å². The number of thiocarbonyl (C=S) groups is 1. The van der Waals surface area contributed by atoms with Gasteiger partial charge in [-0.3, -0.25) is 5.43 Å². The lowest BCUT2D eigenvalue weighted by molar-refractivity contribution is 0.315. The zero-order valence-electron chi connectivity index (χ0n) is 18.7. The number of likely N-dealkylation sites (N-methyl/N-ethyl adjacent to an activating group) is 1. The highest BCUT2D eigenvalue weighted by Gasteiger charge is 2.31. The molecule has 2 fully saturated rings. The van der Waals surface area contributed by atoms with E-state index in [-0.39, 0.29) is 17.0 Å². The first-order chi connectivity index (χ1) is 15.4. The second-order valence-corrected chi connectivity index (χ2v) is 9.15. The number of nitrogens with two attached hydrogens (primary N) is 1. The molecule has 4 rings (SSSR count). The summed E-state index contributed by atoms with van der Waals surface area (Å²) in [7, 11) is 4.21. The lowest BCUT2D eigenvalue weighted by Crippen LogP contribution is -2.32. The van der Waals surface area contributed by atoms with Crippen LogP contribution in [0.4, 0.5) is 15.8 Å². The molecular formula is C24H31FN6S. The molecule has 0 amide bonds. The van der Waals surface area contributed by atoms with Gasteiger partial charge in [0.2, 0.25) is 0 Å². The fraction of sp³-hybridized carbons (Fsp3) is 0.417. The van der Waals surface area contributed by atoms with Crippen LogP contribution in [0, 0.1) is 5.82 Å². The molecule has 2 atom stereocenters. The molecule has 3 N–H and O–H groups in total. The largest absolute Gasteiger partial charge is 0.375 e. The molecule has 32 heavy (non-hydrogen) atoms. The Balaban J connectivity index is 1.70. The van der Waals surface area contributed by atoms with Crippen molar-refractivity contribution >= 4 is 34.9 Å². The van der Waals surface area contributed by atoms with Gasteiger partial charge in [-0.1, -0.05) is 30.3 Å². The molecule has 170 valence electrons. The van der Waals surface area contributed by atoms with Gasteiger partial charge in [0, 0.05) is 36.9 Å². The standard InChI is InChI=1S/C24H31FN6S/c1-29(2)19-10-12-30(16-19)22-14-23(20(25)13-18(22)15-27-28-24(26)32)31-11-6-9-21(31)17-7-4-3-5-8-17/h3-5,7-8,13-15,19,21H,6,9-12,16H2,1-2H3,(H3,26,28,32)/b27-15+. The van der Waals surface area contributed by atoms with E-state index < -0.39 is 0 Å². The third-order valence-electron chi connectivity index (χ3n) is 6.46. The molecule has 0 aliphatic carbocycles. The van der Waals surface area contributed by atoms with Crippen molar-refractivity contribution in [3.8, 4) is 0 Å². The summed E-state index contributed by atoms with van der Waals surface area (Å²) in [5.74, 6) is -0.239. The van der Waals surface area contributed by atoms with Crippen molar-refractivity contribution in [1.29, 1.82) is 0 Å². The van der Waals surface area contributed by atoms with Crippen LogP contribution < -0.4 is 21.0 Å². The quantitative estimate of drug-likeness (QED) is 0.396. The highest BCUT2D eigenvalue weighted by Crippen LogP contribution is 2.40.